The highest BCUT2D eigenvalue weighted by atomic mass is 16.4. The SMILES string of the molecule is CC(=O)N[C@H](CC1Cc2ccccc2C1)C(=O)O. The van der Waals surface area contributed by atoms with Gasteiger partial charge in [0.2, 0.25) is 5.91 Å². The number of fused-ring (bicyclic) bond motifs is 1. The summed E-state index contributed by atoms with van der Waals surface area (Å²) < 4.78 is 0. The van der Waals surface area contributed by atoms with Crippen molar-refractivity contribution in [2.45, 2.75) is 32.2 Å². The molecule has 0 bridgehead atoms. The zero-order valence-corrected chi connectivity index (χ0v) is 10.3. The Morgan fingerprint density at radius 1 is 1.33 bits per heavy atom. The molecule has 0 saturated carbocycles. The molecule has 0 saturated heterocycles. The third-order valence-corrected chi connectivity index (χ3v) is 3.38. The van der Waals surface area contributed by atoms with Crippen LogP contribution in [0.15, 0.2) is 24.3 Å². The summed E-state index contributed by atoms with van der Waals surface area (Å²) in [5.74, 6) is -0.950. The average Bonchev–Trinajstić information content (AvgIpc) is 2.69. The van der Waals surface area contributed by atoms with Crippen molar-refractivity contribution in [2.24, 2.45) is 5.92 Å². The summed E-state index contributed by atoms with van der Waals surface area (Å²) in [5.41, 5.74) is 2.60. The third kappa shape index (κ3) is 2.88. The smallest absolute Gasteiger partial charge is 0.326 e. The van der Waals surface area contributed by atoms with Gasteiger partial charge in [-0.05, 0) is 36.3 Å². The first-order valence-corrected chi connectivity index (χ1v) is 6.13. The molecule has 0 unspecified atom stereocenters. The highest BCUT2D eigenvalue weighted by molar-refractivity contribution is 5.82. The van der Waals surface area contributed by atoms with Gasteiger partial charge in [0.1, 0.15) is 6.04 Å². The van der Waals surface area contributed by atoms with Crippen molar-refractivity contribution in [3.05, 3.63) is 35.4 Å². The molecule has 18 heavy (non-hydrogen) atoms. The Balaban J connectivity index is 1.99. The standard InChI is InChI=1S/C14H17NO3/c1-9(16)15-13(14(17)18)8-10-6-11-4-2-3-5-12(11)7-10/h2-5,10,13H,6-8H2,1H3,(H,15,16)(H,17,18)/t13-/m1/s1. The molecule has 0 aliphatic heterocycles. The van der Waals surface area contributed by atoms with Crippen LogP contribution in [0.1, 0.15) is 24.5 Å². The molecule has 4 heteroatoms. The van der Waals surface area contributed by atoms with Gasteiger partial charge < -0.3 is 10.4 Å². The number of carbonyl (C=O) groups excluding carboxylic acids is 1. The van der Waals surface area contributed by atoms with Gasteiger partial charge in [0, 0.05) is 6.92 Å². The van der Waals surface area contributed by atoms with Crippen LogP contribution in [0.2, 0.25) is 0 Å². The van der Waals surface area contributed by atoms with Crippen LogP contribution in [-0.2, 0) is 22.4 Å². The molecule has 1 aliphatic carbocycles. The first-order chi connectivity index (χ1) is 8.56. The molecule has 0 spiro atoms. The first kappa shape index (κ1) is 12.6. The summed E-state index contributed by atoms with van der Waals surface area (Å²) in [6.07, 6.45) is 2.29. The van der Waals surface area contributed by atoms with E-state index in [-0.39, 0.29) is 5.91 Å². The number of carboxylic acid groups (broad SMARTS) is 1. The summed E-state index contributed by atoms with van der Waals surface area (Å²) in [6, 6.07) is 7.40. The quantitative estimate of drug-likeness (QED) is 0.844. The van der Waals surface area contributed by atoms with Crippen molar-refractivity contribution in [1.82, 2.24) is 5.32 Å². The van der Waals surface area contributed by atoms with Gasteiger partial charge in [0.15, 0.2) is 0 Å². The van der Waals surface area contributed by atoms with E-state index in [9.17, 15) is 9.59 Å². The van der Waals surface area contributed by atoms with Crippen molar-refractivity contribution in [3.63, 3.8) is 0 Å². The Morgan fingerprint density at radius 3 is 2.33 bits per heavy atom. The second kappa shape index (κ2) is 5.21. The van der Waals surface area contributed by atoms with Crippen molar-refractivity contribution >= 4 is 11.9 Å². The van der Waals surface area contributed by atoms with Gasteiger partial charge in [0.25, 0.3) is 0 Å². The van der Waals surface area contributed by atoms with Crippen molar-refractivity contribution in [1.29, 1.82) is 0 Å². The van der Waals surface area contributed by atoms with Crippen molar-refractivity contribution in [3.8, 4) is 0 Å². The van der Waals surface area contributed by atoms with E-state index in [4.69, 9.17) is 5.11 Å². The molecule has 0 heterocycles. The fourth-order valence-corrected chi connectivity index (χ4v) is 2.62. The molecule has 1 aromatic rings. The molecule has 0 radical (unpaired) electrons. The number of benzene rings is 1. The summed E-state index contributed by atoms with van der Waals surface area (Å²) in [6.45, 7) is 1.35. The topological polar surface area (TPSA) is 66.4 Å². The maximum absolute atomic E-state index is 11.1. The molecule has 0 fully saturated rings. The zero-order chi connectivity index (χ0) is 13.1. The van der Waals surface area contributed by atoms with Gasteiger partial charge in [-0.1, -0.05) is 24.3 Å². The van der Waals surface area contributed by atoms with E-state index in [0.29, 0.717) is 12.3 Å². The van der Waals surface area contributed by atoms with Gasteiger partial charge in [-0.3, -0.25) is 4.79 Å². The van der Waals surface area contributed by atoms with Gasteiger partial charge in [-0.15, -0.1) is 0 Å². The average molecular weight is 247 g/mol. The molecule has 1 atom stereocenters. The van der Waals surface area contributed by atoms with E-state index in [2.05, 4.69) is 17.4 Å². The number of rotatable bonds is 4. The van der Waals surface area contributed by atoms with Crippen molar-refractivity contribution in [2.75, 3.05) is 0 Å². The van der Waals surface area contributed by atoms with Crippen LogP contribution in [-0.4, -0.2) is 23.0 Å². The van der Waals surface area contributed by atoms with E-state index in [0.717, 1.165) is 12.8 Å². The fraction of sp³-hybridized carbons (Fsp3) is 0.429. The molecule has 96 valence electrons. The van der Waals surface area contributed by atoms with Crippen LogP contribution in [0.3, 0.4) is 0 Å². The van der Waals surface area contributed by atoms with E-state index in [1.165, 1.54) is 18.1 Å². The minimum Gasteiger partial charge on any atom is -0.480 e. The molecular weight excluding hydrogens is 230 g/mol. The number of aliphatic carboxylic acids is 1. The lowest BCUT2D eigenvalue weighted by atomic mass is 9.97. The molecule has 2 rings (SSSR count). The molecule has 1 aliphatic rings. The van der Waals surface area contributed by atoms with Gasteiger partial charge in [-0.2, -0.15) is 0 Å². The lowest BCUT2D eigenvalue weighted by molar-refractivity contribution is -0.142. The largest absolute Gasteiger partial charge is 0.480 e. The van der Waals surface area contributed by atoms with Gasteiger partial charge in [-0.25, -0.2) is 4.79 Å². The van der Waals surface area contributed by atoms with Crippen LogP contribution >= 0.6 is 0 Å². The van der Waals surface area contributed by atoms with Crippen molar-refractivity contribution < 1.29 is 14.7 Å². The number of nitrogens with one attached hydrogen (secondary N) is 1. The van der Waals surface area contributed by atoms with Crippen LogP contribution in [0.4, 0.5) is 0 Å². The highest BCUT2D eigenvalue weighted by Crippen LogP contribution is 2.29. The minimum atomic E-state index is -0.957. The van der Waals surface area contributed by atoms with Crippen LogP contribution in [0, 0.1) is 5.92 Å². The number of carbonyl (C=O) groups is 2. The normalized spacial score (nSPS) is 16.1. The fourth-order valence-electron chi connectivity index (χ4n) is 2.62. The number of amides is 1. The number of hydrogen-bond acceptors (Lipinski definition) is 2. The van der Waals surface area contributed by atoms with Gasteiger partial charge in [0.05, 0.1) is 0 Å². The summed E-state index contributed by atoms with van der Waals surface area (Å²) in [5, 5.41) is 11.6. The maximum Gasteiger partial charge on any atom is 0.326 e. The number of hydrogen-bond donors (Lipinski definition) is 2. The van der Waals surface area contributed by atoms with E-state index < -0.39 is 12.0 Å². The monoisotopic (exact) mass is 247 g/mol. The molecule has 1 amide bonds. The molecular formula is C14H17NO3. The van der Waals surface area contributed by atoms with E-state index in [1.807, 2.05) is 12.1 Å². The van der Waals surface area contributed by atoms with Gasteiger partial charge >= 0.3 is 5.97 Å². The lowest BCUT2D eigenvalue weighted by Crippen LogP contribution is -2.41. The predicted molar refractivity (Wildman–Crippen MR) is 67.2 cm³/mol. The summed E-state index contributed by atoms with van der Waals surface area (Å²) in [4.78, 5) is 22.1. The third-order valence-electron chi connectivity index (χ3n) is 3.38. The van der Waals surface area contributed by atoms with Crippen LogP contribution < -0.4 is 5.32 Å². The van der Waals surface area contributed by atoms with Crippen LogP contribution in [0.5, 0.6) is 0 Å². The Hall–Kier alpha value is -1.84. The zero-order valence-electron chi connectivity index (χ0n) is 10.3. The highest BCUT2D eigenvalue weighted by Gasteiger charge is 2.27. The summed E-state index contributed by atoms with van der Waals surface area (Å²) in [7, 11) is 0. The lowest BCUT2D eigenvalue weighted by Gasteiger charge is -2.17. The minimum absolute atomic E-state index is 0.294. The Labute approximate surface area is 106 Å². The molecule has 0 aromatic heterocycles. The van der Waals surface area contributed by atoms with E-state index in [1.54, 1.807) is 0 Å². The second-order valence-electron chi connectivity index (χ2n) is 4.87. The molecule has 2 N–H and O–H groups in total. The Bertz CT molecular complexity index is 445. The summed E-state index contributed by atoms with van der Waals surface area (Å²) >= 11 is 0. The van der Waals surface area contributed by atoms with Crippen LogP contribution in [0.25, 0.3) is 0 Å². The van der Waals surface area contributed by atoms with E-state index >= 15 is 0 Å². The number of carboxylic acids is 1. The molecule has 1 aromatic carbocycles. The first-order valence-electron chi connectivity index (χ1n) is 6.13. The second-order valence-corrected chi connectivity index (χ2v) is 4.87. The maximum atomic E-state index is 11.1. The predicted octanol–water partition coefficient (Wildman–Crippen LogP) is 1.38. The Morgan fingerprint density at radius 2 is 1.89 bits per heavy atom. The molecule has 4 nitrogen and oxygen atoms in total. The Kier molecular flexibility index (Phi) is 3.65.